The van der Waals surface area contributed by atoms with Crippen molar-refractivity contribution in [3.8, 4) is 11.4 Å². The predicted molar refractivity (Wildman–Crippen MR) is 58.6 cm³/mol. The van der Waals surface area contributed by atoms with Crippen molar-refractivity contribution in [2.75, 3.05) is 0 Å². The molecule has 0 aliphatic heterocycles. The van der Waals surface area contributed by atoms with Gasteiger partial charge in [-0.05, 0) is 34.1 Å². The fraction of sp³-hybridized carbons (Fsp3) is 0. The van der Waals surface area contributed by atoms with Gasteiger partial charge in [-0.25, -0.2) is 14.2 Å². The lowest BCUT2D eigenvalue weighted by molar-refractivity contribution is 0.0691. The summed E-state index contributed by atoms with van der Waals surface area (Å²) in [4.78, 5) is 17.1. The molecule has 1 heterocycles. The van der Waals surface area contributed by atoms with Crippen molar-refractivity contribution in [2.24, 2.45) is 0 Å². The zero-order valence-electron chi connectivity index (χ0n) is 7.87. The predicted octanol–water partition coefficient (Wildman–Crippen LogP) is 2.68. The molecule has 2 rings (SSSR count). The number of nitrogens with one attached hydrogen (secondary N) is 1. The number of halogens is 2. The van der Waals surface area contributed by atoms with Gasteiger partial charge < -0.3 is 10.1 Å². The molecule has 0 aliphatic rings. The Morgan fingerprint density at radius 1 is 1.50 bits per heavy atom. The molecule has 0 aliphatic carbocycles. The van der Waals surface area contributed by atoms with Crippen LogP contribution in [-0.4, -0.2) is 21.0 Å². The molecule has 82 valence electrons. The van der Waals surface area contributed by atoms with Crippen molar-refractivity contribution >= 4 is 21.9 Å². The number of aromatic nitrogens is 2. The molecule has 0 fully saturated rings. The molecule has 2 N–H and O–H groups in total. The van der Waals surface area contributed by atoms with Crippen LogP contribution < -0.4 is 0 Å². The maximum atomic E-state index is 13.2. The van der Waals surface area contributed by atoms with E-state index in [0.29, 0.717) is 15.9 Å². The minimum atomic E-state index is -1.10. The van der Waals surface area contributed by atoms with Crippen molar-refractivity contribution in [2.45, 2.75) is 0 Å². The highest BCUT2D eigenvalue weighted by atomic mass is 79.9. The van der Waals surface area contributed by atoms with Gasteiger partial charge in [0.25, 0.3) is 0 Å². The number of aromatic carboxylic acids is 1. The summed E-state index contributed by atoms with van der Waals surface area (Å²) >= 11 is 3.03. The lowest BCUT2D eigenvalue weighted by atomic mass is 10.2. The van der Waals surface area contributed by atoms with Crippen LogP contribution in [0.5, 0.6) is 0 Å². The van der Waals surface area contributed by atoms with E-state index in [9.17, 15) is 9.18 Å². The second-order valence-electron chi connectivity index (χ2n) is 3.08. The first-order valence-electron chi connectivity index (χ1n) is 4.31. The normalized spacial score (nSPS) is 10.4. The van der Waals surface area contributed by atoms with Gasteiger partial charge in [-0.1, -0.05) is 0 Å². The zero-order valence-corrected chi connectivity index (χ0v) is 9.45. The van der Waals surface area contributed by atoms with Gasteiger partial charge >= 0.3 is 5.97 Å². The lowest BCUT2D eigenvalue weighted by Gasteiger charge is -1.98. The first-order chi connectivity index (χ1) is 7.58. The van der Waals surface area contributed by atoms with E-state index in [-0.39, 0.29) is 5.69 Å². The Labute approximate surface area is 98.3 Å². The largest absolute Gasteiger partial charge is 0.477 e. The molecular formula is C10H6BrFN2O2. The summed E-state index contributed by atoms with van der Waals surface area (Å²) in [6.07, 6.45) is 1.19. The molecule has 1 aromatic heterocycles. The topological polar surface area (TPSA) is 66.0 Å². The van der Waals surface area contributed by atoms with E-state index in [2.05, 4.69) is 25.9 Å². The maximum absolute atomic E-state index is 13.2. The van der Waals surface area contributed by atoms with Crippen molar-refractivity contribution in [3.05, 3.63) is 40.4 Å². The van der Waals surface area contributed by atoms with Crippen LogP contribution in [0.2, 0.25) is 0 Å². The molecule has 4 nitrogen and oxygen atoms in total. The van der Waals surface area contributed by atoms with Crippen LogP contribution in [0.4, 0.5) is 4.39 Å². The van der Waals surface area contributed by atoms with Crippen molar-refractivity contribution in [1.29, 1.82) is 0 Å². The Balaban J connectivity index is 2.42. The van der Waals surface area contributed by atoms with Gasteiger partial charge in [-0.15, -0.1) is 0 Å². The zero-order chi connectivity index (χ0) is 11.7. The van der Waals surface area contributed by atoms with Crippen molar-refractivity contribution in [3.63, 3.8) is 0 Å². The van der Waals surface area contributed by atoms with Crippen molar-refractivity contribution in [1.82, 2.24) is 9.97 Å². The Morgan fingerprint density at radius 2 is 2.25 bits per heavy atom. The molecule has 0 atom stereocenters. The molecular weight excluding hydrogens is 279 g/mol. The van der Waals surface area contributed by atoms with E-state index < -0.39 is 11.8 Å². The number of imidazole rings is 1. The van der Waals surface area contributed by atoms with Gasteiger partial charge in [0, 0.05) is 5.56 Å². The summed E-state index contributed by atoms with van der Waals surface area (Å²) in [5.41, 5.74) is 0.464. The number of H-pyrrole nitrogens is 1. The van der Waals surface area contributed by atoms with Gasteiger partial charge in [0.1, 0.15) is 17.3 Å². The number of hydrogen-bond acceptors (Lipinski definition) is 2. The van der Waals surface area contributed by atoms with E-state index in [4.69, 9.17) is 5.11 Å². The van der Waals surface area contributed by atoms with E-state index in [1.165, 1.54) is 18.3 Å². The number of benzene rings is 1. The molecule has 6 heteroatoms. The number of aromatic amines is 1. The summed E-state index contributed by atoms with van der Waals surface area (Å²) in [7, 11) is 0. The van der Waals surface area contributed by atoms with Gasteiger partial charge in [-0.2, -0.15) is 0 Å². The highest BCUT2D eigenvalue weighted by molar-refractivity contribution is 9.10. The summed E-state index contributed by atoms with van der Waals surface area (Å²) in [6, 6.07) is 4.44. The number of carboxylic acids is 1. The van der Waals surface area contributed by atoms with Crippen LogP contribution in [0, 0.1) is 5.82 Å². The lowest BCUT2D eigenvalue weighted by Crippen LogP contribution is -1.95. The van der Waals surface area contributed by atoms with E-state index >= 15 is 0 Å². The summed E-state index contributed by atoms with van der Waals surface area (Å²) in [5.74, 6) is -1.20. The van der Waals surface area contributed by atoms with Crippen LogP contribution in [0.1, 0.15) is 10.5 Å². The number of nitrogens with zero attached hydrogens (tertiary/aromatic N) is 1. The third kappa shape index (κ3) is 1.96. The quantitative estimate of drug-likeness (QED) is 0.891. The van der Waals surface area contributed by atoms with Gasteiger partial charge in [0.05, 0.1) is 10.7 Å². The standard InChI is InChI=1S/C10H6BrFN2O2/c11-6-2-1-5(3-7(6)12)9-13-4-8(14-9)10(15)16/h1-4H,(H,13,14)(H,15,16). The maximum Gasteiger partial charge on any atom is 0.353 e. The number of rotatable bonds is 2. The summed E-state index contributed by atoms with van der Waals surface area (Å²) in [6.45, 7) is 0. The monoisotopic (exact) mass is 284 g/mol. The average molecular weight is 285 g/mol. The third-order valence-corrected chi connectivity index (χ3v) is 2.64. The van der Waals surface area contributed by atoms with Crippen LogP contribution in [0.25, 0.3) is 11.4 Å². The Bertz CT molecular complexity index is 554. The first kappa shape index (κ1) is 10.8. The van der Waals surface area contributed by atoms with Crippen LogP contribution in [0.3, 0.4) is 0 Å². The third-order valence-electron chi connectivity index (χ3n) is 2.00. The van der Waals surface area contributed by atoms with Gasteiger partial charge in [-0.3, -0.25) is 0 Å². The van der Waals surface area contributed by atoms with E-state index in [1.54, 1.807) is 6.07 Å². The van der Waals surface area contributed by atoms with Crippen LogP contribution >= 0.6 is 15.9 Å². The highest BCUT2D eigenvalue weighted by Gasteiger charge is 2.10. The first-order valence-corrected chi connectivity index (χ1v) is 5.11. The summed E-state index contributed by atoms with van der Waals surface area (Å²) < 4.78 is 13.6. The number of hydrogen-bond donors (Lipinski definition) is 2. The fourth-order valence-electron chi connectivity index (χ4n) is 1.22. The van der Waals surface area contributed by atoms with E-state index in [1.807, 2.05) is 0 Å². The van der Waals surface area contributed by atoms with Crippen LogP contribution in [-0.2, 0) is 0 Å². The minimum Gasteiger partial charge on any atom is -0.477 e. The van der Waals surface area contributed by atoms with Crippen LogP contribution in [0.15, 0.2) is 28.9 Å². The molecule has 2 aromatic rings. The number of carboxylic acid groups (broad SMARTS) is 1. The summed E-state index contributed by atoms with van der Waals surface area (Å²) in [5, 5.41) is 8.69. The Kier molecular flexibility index (Phi) is 2.74. The molecule has 0 saturated carbocycles. The number of carbonyl (C=O) groups is 1. The highest BCUT2D eigenvalue weighted by Crippen LogP contribution is 2.22. The smallest absolute Gasteiger partial charge is 0.353 e. The molecule has 16 heavy (non-hydrogen) atoms. The molecule has 0 bridgehead atoms. The Morgan fingerprint density at radius 3 is 2.81 bits per heavy atom. The van der Waals surface area contributed by atoms with Gasteiger partial charge in [0.15, 0.2) is 0 Å². The molecule has 1 aromatic carbocycles. The van der Waals surface area contributed by atoms with Gasteiger partial charge in [0.2, 0.25) is 0 Å². The van der Waals surface area contributed by atoms with E-state index in [0.717, 1.165) is 0 Å². The molecule has 0 spiro atoms. The molecule has 0 radical (unpaired) electrons. The second-order valence-corrected chi connectivity index (χ2v) is 3.93. The molecule has 0 unspecified atom stereocenters. The fourth-order valence-corrected chi connectivity index (χ4v) is 1.47. The second kappa shape index (κ2) is 4.05. The molecule has 0 saturated heterocycles. The Hall–Kier alpha value is -1.69. The average Bonchev–Trinajstić information content (AvgIpc) is 2.71. The SMILES string of the molecule is O=C(O)c1cnc(-c2ccc(Br)c(F)c2)[nH]1. The molecule has 0 amide bonds. The minimum absolute atomic E-state index is 0.0293. The van der Waals surface area contributed by atoms with Crippen molar-refractivity contribution < 1.29 is 14.3 Å².